The molecule has 1 aromatic rings. The number of nitrogens with zero attached hydrogens (tertiary/aromatic N) is 1. The first-order valence-electron chi connectivity index (χ1n) is 7.61. The quantitative estimate of drug-likeness (QED) is 0.879. The molecule has 0 saturated carbocycles. The summed E-state index contributed by atoms with van der Waals surface area (Å²) in [6, 6.07) is 3.77. The number of likely N-dealkylation sites (tertiary alicyclic amines) is 1. The third-order valence-electron chi connectivity index (χ3n) is 4.23. The van der Waals surface area contributed by atoms with Crippen LogP contribution < -0.4 is 10.6 Å². The first-order chi connectivity index (χ1) is 10.3. The Morgan fingerprint density at radius 1 is 1.38 bits per heavy atom. The Kier molecular flexibility index (Phi) is 4.55. The molecule has 3 heterocycles. The molecule has 2 unspecified atom stereocenters. The van der Waals surface area contributed by atoms with Crippen LogP contribution in [-0.2, 0) is 4.79 Å². The van der Waals surface area contributed by atoms with Crippen LogP contribution in [0.2, 0.25) is 0 Å². The van der Waals surface area contributed by atoms with E-state index in [4.69, 9.17) is 0 Å². The van der Waals surface area contributed by atoms with Gasteiger partial charge in [0.1, 0.15) is 6.04 Å². The SMILES string of the molecule is O=C(NCC1CCCN1)C1CCCN1C(=O)c1cccs1. The maximum atomic E-state index is 12.4. The zero-order valence-electron chi connectivity index (χ0n) is 12.0. The van der Waals surface area contributed by atoms with Crippen molar-refractivity contribution in [1.29, 1.82) is 0 Å². The molecule has 0 aliphatic carbocycles. The Morgan fingerprint density at radius 3 is 3.00 bits per heavy atom. The Hall–Kier alpha value is -1.40. The molecule has 114 valence electrons. The molecule has 1 aromatic heterocycles. The number of rotatable bonds is 4. The van der Waals surface area contributed by atoms with Crippen molar-refractivity contribution in [2.75, 3.05) is 19.6 Å². The van der Waals surface area contributed by atoms with E-state index in [-0.39, 0.29) is 17.9 Å². The maximum absolute atomic E-state index is 12.4. The molecule has 5 nitrogen and oxygen atoms in total. The molecular weight excluding hydrogens is 286 g/mol. The molecule has 0 aromatic carbocycles. The van der Waals surface area contributed by atoms with Gasteiger partial charge in [0.2, 0.25) is 5.91 Å². The van der Waals surface area contributed by atoms with E-state index in [1.165, 1.54) is 17.8 Å². The summed E-state index contributed by atoms with van der Waals surface area (Å²) in [5.41, 5.74) is 0. The van der Waals surface area contributed by atoms with Crippen LogP contribution in [0.1, 0.15) is 35.4 Å². The van der Waals surface area contributed by atoms with Crippen molar-refractivity contribution in [3.8, 4) is 0 Å². The van der Waals surface area contributed by atoms with E-state index in [9.17, 15) is 9.59 Å². The van der Waals surface area contributed by atoms with E-state index >= 15 is 0 Å². The number of hydrogen-bond acceptors (Lipinski definition) is 4. The number of carbonyl (C=O) groups excluding carboxylic acids is 2. The highest BCUT2D eigenvalue weighted by molar-refractivity contribution is 7.12. The highest BCUT2D eigenvalue weighted by atomic mass is 32.1. The van der Waals surface area contributed by atoms with Crippen molar-refractivity contribution < 1.29 is 9.59 Å². The van der Waals surface area contributed by atoms with E-state index < -0.39 is 0 Å². The highest BCUT2D eigenvalue weighted by Crippen LogP contribution is 2.22. The second-order valence-corrected chi connectivity index (χ2v) is 6.62. The third-order valence-corrected chi connectivity index (χ3v) is 5.09. The summed E-state index contributed by atoms with van der Waals surface area (Å²) in [5.74, 6) is -0.0206. The molecule has 3 rings (SSSR count). The van der Waals surface area contributed by atoms with Crippen LogP contribution in [0, 0.1) is 0 Å². The molecule has 2 fully saturated rings. The van der Waals surface area contributed by atoms with Crippen LogP contribution >= 0.6 is 11.3 Å². The lowest BCUT2D eigenvalue weighted by molar-refractivity contribution is -0.124. The molecule has 0 radical (unpaired) electrons. The predicted octanol–water partition coefficient (Wildman–Crippen LogP) is 1.22. The molecule has 21 heavy (non-hydrogen) atoms. The van der Waals surface area contributed by atoms with Gasteiger partial charge < -0.3 is 15.5 Å². The normalized spacial score (nSPS) is 25.2. The number of thiophene rings is 1. The van der Waals surface area contributed by atoms with Gasteiger partial charge in [-0.1, -0.05) is 6.07 Å². The van der Waals surface area contributed by atoms with Crippen LogP contribution in [0.15, 0.2) is 17.5 Å². The fourth-order valence-corrected chi connectivity index (χ4v) is 3.78. The van der Waals surface area contributed by atoms with Crippen LogP contribution in [0.25, 0.3) is 0 Å². The van der Waals surface area contributed by atoms with Crippen molar-refractivity contribution in [3.05, 3.63) is 22.4 Å². The van der Waals surface area contributed by atoms with Crippen molar-refractivity contribution in [2.24, 2.45) is 0 Å². The number of hydrogen-bond donors (Lipinski definition) is 2. The van der Waals surface area contributed by atoms with E-state index in [0.29, 0.717) is 24.0 Å². The number of carbonyl (C=O) groups is 2. The minimum Gasteiger partial charge on any atom is -0.353 e. The lowest BCUT2D eigenvalue weighted by Gasteiger charge is -2.24. The van der Waals surface area contributed by atoms with Gasteiger partial charge in [0.15, 0.2) is 0 Å². The van der Waals surface area contributed by atoms with Gasteiger partial charge in [-0.05, 0) is 43.7 Å². The van der Waals surface area contributed by atoms with Gasteiger partial charge in [0, 0.05) is 19.1 Å². The molecule has 2 amide bonds. The Morgan fingerprint density at radius 2 is 2.29 bits per heavy atom. The standard InChI is InChI=1S/C15H21N3O2S/c19-14(17-10-11-4-1-7-16-11)12-5-2-8-18(12)15(20)13-6-3-9-21-13/h3,6,9,11-12,16H,1-2,4-5,7-8,10H2,(H,17,19). The summed E-state index contributed by atoms with van der Waals surface area (Å²) in [4.78, 5) is 27.2. The van der Waals surface area contributed by atoms with Gasteiger partial charge in [0.25, 0.3) is 5.91 Å². The molecule has 2 N–H and O–H groups in total. The zero-order chi connectivity index (χ0) is 14.7. The minimum atomic E-state index is -0.305. The molecular formula is C15H21N3O2S. The number of amides is 2. The maximum Gasteiger partial charge on any atom is 0.264 e. The first-order valence-corrected chi connectivity index (χ1v) is 8.49. The lowest BCUT2D eigenvalue weighted by Crippen LogP contribution is -2.48. The Labute approximate surface area is 128 Å². The molecule has 0 bridgehead atoms. The second-order valence-electron chi connectivity index (χ2n) is 5.67. The smallest absolute Gasteiger partial charge is 0.264 e. The fraction of sp³-hybridized carbons (Fsp3) is 0.600. The van der Waals surface area contributed by atoms with E-state index in [2.05, 4.69) is 10.6 Å². The van der Waals surface area contributed by atoms with Crippen LogP contribution in [0.4, 0.5) is 0 Å². The minimum absolute atomic E-state index is 0.00824. The van der Waals surface area contributed by atoms with Crippen LogP contribution in [0.5, 0.6) is 0 Å². The molecule has 0 spiro atoms. The van der Waals surface area contributed by atoms with Crippen molar-refractivity contribution in [1.82, 2.24) is 15.5 Å². The van der Waals surface area contributed by atoms with E-state index in [1.807, 2.05) is 17.5 Å². The largest absolute Gasteiger partial charge is 0.353 e. The second kappa shape index (κ2) is 6.58. The number of nitrogens with one attached hydrogen (secondary N) is 2. The average Bonchev–Trinajstić information content (AvgIpc) is 3.26. The molecule has 2 aliphatic heterocycles. The van der Waals surface area contributed by atoms with Gasteiger partial charge in [0.05, 0.1) is 4.88 Å². The van der Waals surface area contributed by atoms with Crippen molar-refractivity contribution in [3.63, 3.8) is 0 Å². The van der Waals surface area contributed by atoms with Crippen molar-refractivity contribution in [2.45, 2.75) is 37.8 Å². The first kappa shape index (κ1) is 14.5. The molecule has 2 atom stereocenters. The van der Waals surface area contributed by atoms with Gasteiger partial charge in [-0.15, -0.1) is 11.3 Å². The summed E-state index contributed by atoms with van der Waals surface area (Å²) in [5, 5.41) is 8.26. The van der Waals surface area contributed by atoms with E-state index in [0.717, 1.165) is 25.8 Å². The fourth-order valence-electron chi connectivity index (χ4n) is 3.10. The summed E-state index contributed by atoms with van der Waals surface area (Å²) in [6.07, 6.45) is 3.95. The summed E-state index contributed by atoms with van der Waals surface area (Å²) < 4.78 is 0. The predicted molar refractivity (Wildman–Crippen MR) is 82.4 cm³/mol. The summed E-state index contributed by atoms with van der Waals surface area (Å²) in [6.45, 7) is 2.37. The van der Waals surface area contributed by atoms with Gasteiger partial charge in [-0.2, -0.15) is 0 Å². The summed E-state index contributed by atoms with van der Waals surface area (Å²) in [7, 11) is 0. The van der Waals surface area contributed by atoms with Gasteiger partial charge in [-0.3, -0.25) is 9.59 Å². The zero-order valence-corrected chi connectivity index (χ0v) is 12.8. The monoisotopic (exact) mass is 307 g/mol. The lowest BCUT2D eigenvalue weighted by atomic mass is 10.2. The molecule has 6 heteroatoms. The van der Waals surface area contributed by atoms with Crippen LogP contribution in [0.3, 0.4) is 0 Å². The van der Waals surface area contributed by atoms with Crippen LogP contribution in [-0.4, -0.2) is 48.4 Å². The highest BCUT2D eigenvalue weighted by Gasteiger charge is 2.35. The van der Waals surface area contributed by atoms with Crippen molar-refractivity contribution >= 4 is 23.2 Å². The Bertz CT molecular complexity index is 497. The van der Waals surface area contributed by atoms with E-state index in [1.54, 1.807) is 4.90 Å². The third kappa shape index (κ3) is 3.27. The average molecular weight is 307 g/mol. The molecule has 2 aliphatic rings. The van der Waals surface area contributed by atoms with Gasteiger partial charge in [-0.25, -0.2) is 0 Å². The molecule has 2 saturated heterocycles. The Balaban J connectivity index is 1.58. The summed E-state index contributed by atoms with van der Waals surface area (Å²) >= 11 is 1.43. The topological polar surface area (TPSA) is 61.4 Å². The van der Waals surface area contributed by atoms with Gasteiger partial charge >= 0.3 is 0 Å².